The minimum atomic E-state index is 0.400. The Balaban J connectivity index is 2.09. The van der Waals surface area contributed by atoms with Crippen LogP contribution in [-0.4, -0.2) is 22.4 Å². The molecule has 1 aromatic heterocycles. The van der Waals surface area contributed by atoms with Crippen molar-refractivity contribution in [3.05, 3.63) is 17.5 Å². The maximum Gasteiger partial charge on any atom is 0.0624 e. The normalized spacial score (nSPS) is 17.9. The molecule has 1 heterocycles. The lowest BCUT2D eigenvalue weighted by Crippen LogP contribution is -2.37. The van der Waals surface area contributed by atoms with Gasteiger partial charge in [0.15, 0.2) is 0 Å². The molecule has 0 bridgehead atoms. The zero-order valence-electron chi connectivity index (χ0n) is 14.4. The minimum Gasteiger partial charge on any atom is -0.313 e. The van der Waals surface area contributed by atoms with Gasteiger partial charge in [-0.2, -0.15) is 5.10 Å². The Hall–Kier alpha value is -0.830. The van der Waals surface area contributed by atoms with E-state index < -0.39 is 0 Å². The van der Waals surface area contributed by atoms with Gasteiger partial charge >= 0.3 is 0 Å². The molecule has 1 saturated carbocycles. The fraction of sp³-hybridized carbons (Fsp3) is 0.833. The van der Waals surface area contributed by atoms with Crippen LogP contribution in [0.4, 0.5) is 0 Å². The number of nitrogens with zero attached hydrogens (tertiary/aromatic N) is 2. The van der Waals surface area contributed by atoms with Crippen molar-refractivity contribution in [3.8, 4) is 0 Å². The zero-order chi connectivity index (χ0) is 15.3. The highest BCUT2D eigenvalue weighted by molar-refractivity contribution is 5.12. The lowest BCUT2D eigenvalue weighted by atomic mass is 9.76. The highest BCUT2D eigenvalue weighted by atomic mass is 15.3. The van der Waals surface area contributed by atoms with E-state index in [1.807, 2.05) is 0 Å². The minimum absolute atomic E-state index is 0.400. The van der Waals surface area contributed by atoms with E-state index in [9.17, 15) is 0 Å². The number of hydrogen-bond acceptors (Lipinski definition) is 2. The summed E-state index contributed by atoms with van der Waals surface area (Å²) >= 11 is 0. The Bertz CT molecular complexity index is 434. The summed E-state index contributed by atoms with van der Waals surface area (Å²) in [7, 11) is 2.10. The summed E-state index contributed by atoms with van der Waals surface area (Å²) in [5.41, 5.74) is 3.03. The first-order valence-corrected chi connectivity index (χ1v) is 8.87. The summed E-state index contributed by atoms with van der Waals surface area (Å²) in [6.07, 6.45) is 10.1. The third-order valence-electron chi connectivity index (χ3n) is 5.10. The van der Waals surface area contributed by atoms with Gasteiger partial charge in [0.2, 0.25) is 0 Å². The zero-order valence-corrected chi connectivity index (χ0v) is 14.4. The fourth-order valence-electron chi connectivity index (χ4n) is 3.16. The predicted molar refractivity (Wildman–Crippen MR) is 89.6 cm³/mol. The van der Waals surface area contributed by atoms with Crippen LogP contribution in [0, 0.1) is 5.41 Å². The van der Waals surface area contributed by atoms with Gasteiger partial charge < -0.3 is 5.32 Å². The van der Waals surface area contributed by atoms with E-state index >= 15 is 0 Å². The van der Waals surface area contributed by atoms with Crippen LogP contribution in [0.3, 0.4) is 0 Å². The molecule has 3 nitrogen and oxygen atoms in total. The second-order valence-corrected chi connectivity index (χ2v) is 6.89. The second-order valence-electron chi connectivity index (χ2n) is 6.89. The Kier molecular flexibility index (Phi) is 5.86. The van der Waals surface area contributed by atoms with Crippen molar-refractivity contribution in [1.82, 2.24) is 15.1 Å². The quantitative estimate of drug-likeness (QED) is 0.709. The SMILES string of the molecule is CCCCC(CC)(CNC1CC1)Cc1cc(CC)nn1C. The molecule has 0 saturated heterocycles. The lowest BCUT2D eigenvalue weighted by Gasteiger charge is -2.33. The van der Waals surface area contributed by atoms with E-state index in [-0.39, 0.29) is 0 Å². The average molecular weight is 291 g/mol. The molecule has 0 aromatic carbocycles. The molecule has 1 atom stereocenters. The van der Waals surface area contributed by atoms with Crippen molar-refractivity contribution >= 4 is 0 Å². The molecule has 0 aliphatic heterocycles. The molecule has 2 rings (SSSR count). The van der Waals surface area contributed by atoms with Gasteiger partial charge in [0.25, 0.3) is 0 Å². The van der Waals surface area contributed by atoms with Crippen LogP contribution < -0.4 is 5.32 Å². The van der Waals surface area contributed by atoms with Crippen molar-refractivity contribution < 1.29 is 0 Å². The monoisotopic (exact) mass is 291 g/mol. The molecule has 1 aromatic rings. The summed E-state index contributed by atoms with van der Waals surface area (Å²) < 4.78 is 2.10. The third kappa shape index (κ3) is 4.57. The molecular formula is C18H33N3. The molecule has 21 heavy (non-hydrogen) atoms. The lowest BCUT2D eigenvalue weighted by molar-refractivity contribution is 0.223. The van der Waals surface area contributed by atoms with Crippen LogP contribution in [0.15, 0.2) is 6.07 Å². The smallest absolute Gasteiger partial charge is 0.0624 e. The Morgan fingerprint density at radius 3 is 2.62 bits per heavy atom. The highest BCUT2D eigenvalue weighted by Crippen LogP contribution is 2.34. The first-order chi connectivity index (χ1) is 10.1. The van der Waals surface area contributed by atoms with E-state index in [4.69, 9.17) is 0 Å². The van der Waals surface area contributed by atoms with Crippen LogP contribution in [0.1, 0.15) is 70.7 Å². The van der Waals surface area contributed by atoms with Crippen LogP contribution in [-0.2, 0) is 19.9 Å². The summed E-state index contributed by atoms with van der Waals surface area (Å²) in [6.45, 7) is 8.01. The van der Waals surface area contributed by atoms with Crippen molar-refractivity contribution in [2.24, 2.45) is 12.5 Å². The number of nitrogens with one attached hydrogen (secondary N) is 1. The molecular weight excluding hydrogens is 258 g/mol. The number of aryl methyl sites for hydroxylation is 2. The van der Waals surface area contributed by atoms with Gasteiger partial charge in [-0.3, -0.25) is 4.68 Å². The number of rotatable bonds is 10. The van der Waals surface area contributed by atoms with Crippen LogP contribution in [0.25, 0.3) is 0 Å². The van der Waals surface area contributed by atoms with Crippen LogP contribution in [0.5, 0.6) is 0 Å². The summed E-state index contributed by atoms with van der Waals surface area (Å²) in [5.74, 6) is 0. The summed E-state index contributed by atoms with van der Waals surface area (Å²) in [5, 5.41) is 8.42. The third-order valence-corrected chi connectivity index (χ3v) is 5.10. The molecule has 1 unspecified atom stereocenters. The average Bonchev–Trinajstić information content (AvgIpc) is 3.26. The molecule has 1 aliphatic rings. The predicted octanol–water partition coefficient (Wildman–Crippen LogP) is 3.86. The molecule has 0 spiro atoms. The molecule has 120 valence electrons. The number of aromatic nitrogens is 2. The summed E-state index contributed by atoms with van der Waals surface area (Å²) in [6, 6.07) is 3.11. The Morgan fingerprint density at radius 2 is 2.10 bits per heavy atom. The highest BCUT2D eigenvalue weighted by Gasteiger charge is 2.32. The van der Waals surface area contributed by atoms with Gasteiger partial charge in [-0.25, -0.2) is 0 Å². The molecule has 1 N–H and O–H groups in total. The summed E-state index contributed by atoms with van der Waals surface area (Å²) in [4.78, 5) is 0. The standard InChI is InChI=1S/C18H33N3/c1-5-8-11-18(7-3,14-19-16-9-10-16)13-17-12-15(6-2)20-21(17)4/h12,16,19H,5-11,13-14H2,1-4H3. The number of hydrogen-bond donors (Lipinski definition) is 1. The van der Waals surface area contributed by atoms with E-state index in [1.54, 1.807) is 0 Å². The van der Waals surface area contributed by atoms with Crippen molar-refractivity contribution in [2.45, 2.75) is 78.2 Å². The Labute approximate surface area is 130 Å². The largest absolute Gasteiger partial charge is 0.313 e. The molecule has 3 heteroatoms. The van der Waals surface area contributed by atoms with E-state index in [1.165, 1.54) is 56.5 Å². The Morgan fingerprint density at radius 1 is 1.33 bits per heavy atom. The van der Waals surface area contributed by atoms with Gasteiger partial charge in [0.05, 0.1) is 5.69 Å². The molecule has 1 aliphatic carbocycles. The van der Waals surface area contributed by atoms with E-state index in [2.05, 4.69) is 49.0 Å². The molecule has 1 fully saturated rings. The molecule has 0 amide bonds. The van der Waals surface area contributed by atoms with Crippen LogP contribution in [0.2, 0.25) is 0 Å². The van der Waals surface area contributed by atoms with Gasteiger partial charge in [0, 0.05) is 25.3 Å². The second kappa shape index (κ2) is 7.44. The first kappa shape index (κ1) is 16.5. The molecule has 0 radical (unpaired) electrons. The maximum absolute atomic E-state index is 4.63. The van der Waals surface area contributed by atoms with E-state index in [0.29, 0.717) is 5.41 Å². The van der Waals surface area contributed by atoms with E-state index in [0.717, 1.165) is 18.9 Å². The van der Waals surface area contributed by atoms with Crippen LogP contribution >= 0.6 is 0 Å². The van der Waals surface area contributed by atoms with Crippen molar-refractivity contribution in [3.63, 3.8) is 0 Å². The maximum atomic E-state index is 4.63. The van der Waals surface area contributed by atoms with Gasteiger partial charge in [0.1, 0.15) is 0 Å². The van der Waals surface area contributed by atoms with Gasteiger partial charge in [-0.1, -0.05) is 33.6 Å². The van der Waals surface area contributed by atoms with Gasteiger partial charge in [-0.05, 0) is 50.0 Å². The topological polar surface area (TPSA) is 29.9 Å². The van der Waals surface area contributed by atoms with Crippen molar-refractivity contribution in [1.29, 1.82) is 0 Å². The number of unbranched alkanes of at least 4 members (excludes halogenated alkanes) is 1. The van der Waals surface area contributed by atoms with Gasteiger partial charge in [-0.15, -0.1) is 0 Å². The first-order valence-electron chi connectivity index (χ1n) is 8.87. The fourth-order valence-corrected chi connectivity index (χ4v) is 3.16. The van der Waals surface area contributed by atoms with Crippen molar-refractivity contribution in [2.75, 3.05) is 6.54 Å².